The maximum absolute atomic E-state index is 12.7. The van der Waals surface area contributed by atoms with E-state index < -0.39 is 5.91 Å². The number of hydrogen-bond donors (Lipinski definition) is 2. The van der Waals surface area contributed by atoms with Gasteiger partial charge in [-0.3, -0.25) is 9.59 Å². The van der Waals surface area contributed by atoms with E-state index >= 15 is 0 Å². The Morgan fingerprint density at radius 2 is 1.90 bits per heavy atom. The monoisotopic (exact) mass is 428 g/mol. The molecule has 1 aromatic heterocycles. The zero-order chi connectivity index (χ0) is 21.0. The van der Waals surface area contributed by atoms with Crippen molar-refractivity contribution in [2.45, 2.75) is 26.4 Å². The van der Waals surface area contributed by atoms with E-state index in [4.69, 9.17) is 22.1 Å². The fourth-order valence-electron chi connectivity index (χ4n) is 2.67. The number of benzene rings is 2. The molecule has 0 radical (unpaired) electrons. The molecular formula is C22H21ClN2O3S. The highest BCUT2D eigenvalue weighted by Gasteiger charge is 2.18. The van der Waals surface area contributed by atoms with Gasteiger partial charge in [-0.2, -0.15) is 0 Å². The third kappa shape index (κ3) is 5.16. The Hall–Kier alpha value is -2.83. The van der Waals surface area contributed by atoms with Crippen molar-refractivity contribution < 1.29 is 14.3 Å². The SMILES string of the molecule is CC(C)c1cc(C(N)=O)c(NC(=O)c2cccc(COc3ccccc3Cl)c2)s1. The van der Waals surface area contributed by atoms with Gasteiger partial charge in [0.25, 0.3) is 11.8 Å². The first-order valence-corrected chi connectivity index (χ1v) is 10.3. The van der Waals surface area contributed by atoms with Crippen LogP contribution in [0.1, 0.15) is 50.9 Å². The predicted molar refractivity (Wildman–Crippen MR) is 117 cm³/mol. The summed E-state index contributed by atoms with van der Waals surface area (Å²) >= 11 is 7.46. The summed E-state index contributed by atoms with van der Waals surface area (Å²) in [5, 5.41) is 3.80. The summed E-state index contributed by atoms with van der Waals surface area (Å²) in [5.74, 6) is -0.0708. The van der Waals surface area contributed by atoms with Crippen molar-refractivity contribution in [2.75, 3.05) is 5.32 Å². The molecule has 2 amide bonds. The molecule has 0 aliphatic rings. The van der Waals surface area contributed by atoms with Crippen LogP contribution < -0.4 is 15.8 Å². The molecule has 0 spiro atoms. The lowest BCUT2D eigenvalue weighted by Crippen LogP contribution is -2.16. The second-order valence-electron chi connectivity index (χ2n) is 6.78. The van der Waals surface area contributed by atoms with Gasteiger partial charge < -0.3 is 15.8 Å². The van der Waals surface area contributed by atoms with Crippen LogP contribution in [0.4, 0.5) is 5.00 Å². The van der Waals surface area contributed by atoms with Gasteiger partial charge in [0, 0.05) is 10.4 Å². The second kappa shape index (κ2) is 9.11. The molecule has 1 heterocycles. The lowest BCUT2D eigenvalue weighted by atomic mass is 10.1. The van der Waals surface area contributed by atoms with Crippen molar-refractivity contribution in [3.05, 3.63) is 81.2 Å². The quantitative estimate of drug-likeness (QED) is 0.524. The molecule has 0 aliphatic carbocycles. The Bertz CT molecular complexity index is 1050. The van der Waals surface area contributed by atoms with Gasteiger partial charge in [0.15, 0.2) is 0 Å². The molecule has 3 aromatic rings. The number of hydrogen-bond acceptors (Lipinski definition) is 4. The normalized spacial score (nSPS) is 10.8. The molecule has 5 nitrogen and oxygen atoms in total. The number of para-hydroxylation sites is 1. The number of carbonyl (C=O) groups excluding carboxylic acids is 2. The summed E-state index contributed by atoms with van der Waals surface area (Å²) < 4.78 is 5.73. The third-order valence-electron chi connectivity index (χ3n) is 4.23. The fraction of sp³-hybridized carbons (Fsp3) is 0.182. The van der Waals surface area contributed by atoms with E-state index in [1.165, 1.54) is 11.3 Å². The molecule has 2 aromatic carbocycles. The van der Waals surface area contributed by atoms with Crippen molar-refractivity contribution in [3.63, 3.8) is 0 Å². The van der Waals surface area contributed by atoms with Gasteiger partial charge in [0.1, 0.15) is 17.4 Å². The van der Waals surface area contributed by atoms with Crippen LogP contribution >= 0.6 is 22.9 Å². The molecule has 0 saturated carbocycles. The number of carbonyl (C=O) groups is 2. The number of nitrogens with one attached hydrogen (secondary N) is 1. The van der Waals surface area contributed by atoms with E-state index in [1.54, 1.807) is 36.4 Å². The Labute approximate surface area is 178 Å². The van der Waals surface area contributed by atoms with Gasteiger partial charge in [0.2, 0.25) is 0 Å². The van der Waals surface area contributed by atoms with E-state index in [2.05, 4.69) is 5.32 Å². The Balaban J connectivity index is 1.74. The molecule has 0 unspecified atom stereocenters. The molecule has 0 saturated heterocycles. The number of thiophene rings is 1. The van der Waals surface area contributed by atoms with Crippen LogP contribution in [-0.2, 0) is 6.61 Å². The topological polar surface area (TPSA) is 81.4 Å². The van der Waals surface area contributed by atoms with Gasteiger partial charge in [-0.05, 0) is 41.8 Å². The van der Waals surface area contributed by atoms with Crippen LogP contribution in [0.5, 0.6) is 5.75 Å². The number of nitrogens with two attached hydrogens (primary N) is 1. The average Bonchev–Trinajstić information content (AvgIpc) is 3.12. The predicted octanol–water partition coefficient (Wildman–Crippen LogP) is 5.46. The lowest BCUT2D eigenvalue weighted by Gasteiger charge is -2.09. The second-order valence-corrected chi connectivity index (χ2v) is 8.28. The van der Waals surface area contributed by atoms with Gasteiger partial charge in [0.05, 0.1) is 10.6 Å². The van der Waals surface area contributed by atoms with E-state index in [1.807, 2.05) is 32.0 Å². The Morgan fingerprint density at radius 3 is 2.59 bits per heavy atom. The Kier molecular flexibility index (Phi) is 6.56. The number of rotatable bonds is 7. The van der Waals surface area contributed by atoms with E-state index in [0.717, 1.165) is 10.4 Å². The molecule has 3 rings (SSSR count). The van der Waals surface area contributed by atoms with Crippen molar-refractivity contribution in [2.24, 2.45) is 5.73 Å². The van der Waals surface area contributed by atoms with E-state index in [0.29, 0.717) is 26.9 Å². The molecule has 29 heavy (non-hydrogen) atoms. The number of anilines is 1. The summed E-state index contributed by atoms with van der Waals surface area (Å²) in [5.41, 5.74) is 7.07. The van der Waals surface area contributed by atoms with Gasteiger partial charge in [-0.15, -0.1) is 11.3 Å². The number of halogens is 1. The molecule has 0 aliphatic heterocycles. The highest BCUT2D eigenvalue weighted by atomic mass is 35.5. The molecule has 0 fully saturated rings. The van der Waals surface area contributed by atoms with Crippen molar-refractivity contribution >= 4 is 39.8 Å². The lowest BCUT2D eigenvalue weighted by molar-refractivity contribution is 0.100. The molecule has 7 heteroatoms. The first-order chi connectivity index (χ1) is 13.8. The first-order valence-electron chi connectivity index (χ1n) is 9.06. The van der Waals surface area contributed by atoms with Crippen LogP contribution in [0.25, 0.3) is 0 Å². The maximum Gasteiger partial charge on any atom is 0.256 e. The van der Waals surface area contributed by atoms with E-state index in [-0.39, 0.29) is 18.4 Å². The Morgan fingerprint density at radius 1 is 1.14 bits per heavy atom. The minimum absolute atomic E-state index is 0.231. The fourth-order valence-corrected chi connectivity index (χ4v) is 3.92. The summed E-state index contributed by atoms with van der Waals surface area (Å²) in [6.07, 6.45) is 0. The molecule has 0 atom stereocenters. The van der Waals surface area contributed by atoms with Crippen LogP contribution in [0.3, 0.4) is 0 Å². The van der Waals surface area contributed by atoms with Crippen molar-refractivity contribution in [1.82, 2.24) is 0 Å². The zero-order valence-electron chi connectivity index (χ0n) is 16.1. The number of amides is 2. The highest BCUT2D eigenvalue weighted by molar-refractivity contribution is 7.16. The minimum atomic E-state index is -0.564. The molecular weight excluding hydrogens is 408 g/mol. The third-order valence-corrected chi connectivity index (χ3v) is 5.90. The van der Waals surface area contributed by atoms with Crippen LogP contribution in [-0.4, -0.2) is 11.8 Å². The summed E-state index contributed by atoms with van der Waals surface area (Å²) in [4.78, 5) is 25.4. The van der Waals surface area contributed by atoms with Crippen LogP contribution in [0.15, 0.2) is 54.6 Å². The first kappa shape index (κ1) is 20.9. The summed E-state index contributed by atoms with van der Waals surface area (Å²) in [7, 11) is 0. The number of primary amides is 1. The molecule has 0 bridgehead atoms. The van der Waals surface area contributed by atoms with Crippen LogP contribution in [0.2, 0.25) is 5.02 Å². The summed E-state index contributed by atoms with van der Waals surface area (Å²) in [6.45, 7) is 4.31. The number of ether oxygens (including phenoxy) is 1. The van der Waals surface area contributed by atoms with Crippen molar-refractivity contribution in [1.29, 1.82) is 0 Å². The summed E-state index contributed by atoms with van der Waals surface area (Å²) in [6, 6.07) is 16.0. The smallest absolute Gasteiger partial charge is 0.256 e. The molecule has 150 valence electrons. The largest absolute Gasteiger partial charge is 0.487 e. The van der Waals surface area contributed by atoms with Crippen LogP contribution in [0, 0.1) is 0 Å². The maximum atomic E-state index is 12.7. The highest BCUT2D eigenvalue weighted by Crippen LogP contribution is 2.33. The zero-order valence-corrected chi connectivity index (χ0v) is 17.6. The van der Waals surface area contributed by atoms with Gasteiger partial charge in [-0.25, -0.2) is 0 Å². The average molecular weight is 429 g/mol. The molecule has 3 N–H and O–H groups in total. The minimum Gasteiger partial charge on any atom is -0.487 e. The standard InChI is InChI=1S/C22H21ClN2O3S/c1-13(2)19-11-16(20(24)26)22(29-19)25-21(27)15-7-5-6-14(10-15)12-28-18-9-4-3-8-17(18)23/h3-11,13H,12H2,1-2H3,(H2,24,26)(H,25,27). The van der Waals surface area contributed by atoms with E-state index in [9.17, 15) is 9.59 Å². The van der Waals surface area contributed by atoms with Crippen molar-refractivity contribution in [3.8, 4) is 5.75 Å². The van der Waals surface area contributed by atoms with Gasteiger partial charge in [-0.1, -0.05) is 49.7 Å². The van der Waals surface area contributed by atoms with Gasteiger partial charge >= 0.3 is 0 Å².